The summed E-state index contributed by atoms with van der Waals surface area (Å²) in [5, 5.41) is 2.96. The standard InChI is InChI=1S/C25H22FN3O2S/c1-16-11-13-18(14-12-16)15-29-24(31)19-7-3-5-9-21(19)28-25(29)32-17(2)23(30)27-22-10-6-4-8-20(22)26/h3-14,17H,15H2,1-2H3,(H,27,30). The highest BCUT2D eigenvalue weighted by molar-refractivity contribution is 8.00. The molecule has 0 radical (unpaired) electrons. The summed E-state index contributed by atoms with van der Waals surface area (Å²) >= 11 is 1.17. The molecule has 1 N–H and O–H groups in total. The van der Waals surface area contributed by atoms with Gasteiger partial charge in [0.2, 0.25) is 5.91 Å². The molecule has 5 nitrogen and oxygen atoms in total. The molecule has 32 heavy (non-hydrogen) atoms. The maximum absolute atomic E-state index is 13.9. The van der Waals surface area contributed by atoms with E-state index in [1.807, 2.05) is 37.3 Å². The van der Waals surface area contributed by atoms with Gasteiger partial charge in [-0.3, -0.25) is 14.2 Å². The van der Waals surface area contributed by atoms with E-state index in [0.717, 1.165) is 11.1 Å². The van der Waals surface area contributed by atoms with E-state index in [-0.39, 0.29) is 17.2 Å². The van der Waals surface area contributed by atoms with Crippen molar-refractivity contribution in [1.82, 2.24) is 9.55 Å². The Hall–Kier alpha value is -3.45. The number of anilines is 1. The minimum absolute atomic E-state index is 0.119. The molecular formula is C25H22FN3O2S. The number of nitrogens with zero attached hydrogens (tertiary/aromatic N) is 2. The van der Waals surface area contributed by atoms with Crippen LogP contribution in [0.4, 0.5) is 10.1 Å². The average molecular weight is 448 g/mol. The van der Waals surface area contributed by atoms with Crippen molar-refractivity contribution < 1.29 is 9.18 Å². The predicted octanol–water partition coefficient (Wildman–Crippen LogP) is 5.01. The summed E-state index contributed by atoms with van der Waals surface area (Å²) in [5.41, 5.74) is 2.61. The van der Waals surface area contributed by atoms with Crippen LogP contribution in [0.25, 0.3) is 10.9 Å². The number of amides is 1. The summed E-state index contributed by atoms with van der Waals surface area (Å²) in [6, 6.07) is 21.1. The number of carbonyl (C=O) groups is 1. The van der Waals surface area contributed by atoms with Crippen molar-refractivity contribution in [2.75, 3.05) is 5.32 Å². The highest BCUT2D eigenvalue weighted by Gasteiger charge is 2.20. The van der Waals surface area contributed by atoms with E-state index in [9.17, 15) is 14.0 Å². The molecule has 1 amide bonds. The zero-order valence-electron chi connectivity index (χ0n) is 17.7. The minimum Gasteiger partial charge on any atom is -0.323 e. The van der Waals surface area contributed by atoms with E-state index in [1.165, 1.54) is 23.9 Å². The molecule has 0 aliphatic heterocycles. The third-order valence-electron chi connectivity index (χ3n) is 5.07. The number of hydrogen-bond acceptors (Lipinski definition) is 4. The predicted molar refractivity (Wildman–Crippen MR) is 127 cm³/mol. The van der Waals surface area contributed by atoms with Gasteiger partial charge in [0.25, 0.3) is 5.56 Å². The monoisotopic (exact) mass is 447 g/mol. The second-order valence-corrected chi connectivity index (χ2v) is 8.83. The Balaban J connectivity index is 1.67. The number of thioether (sulfide) groups is 1. The Labute approximate surface area is 189 Å². The summed E-state index contributed by atoms with van der Waals surface area (Å²) in [4.78, 5) is 30.6. The van der Waals surface area contributed by atoms with Gasteiger partial charge in [0.05, 0.1) is 28.4 Å². The van der Waals surface area contributed by atoms with E-state index in [2.05, 4.69) is 10.3 Å². The van der Waals surface area contributed by atoms with Crippen molar-refractivity contribution in [3.05, 3.63) is 100 Å². The summed E-state index contributed by atoms with van der Waals surface area (Å²) in [6.45, 7) is 4.05. The van der Waals surface area contributed by atoms with Crippen LogP contribution in [0, 0.1) is 12.7 Å². The molecule has 0 fully saturated rings. The number of nitrogens with one attached hydrogen (secondary N) is 1. The maximum Gasteiger partial charge on any atom is 0.262 e. The fourth-order valence-corrected chi connectivity index (χ4v) is 4.17. The van der Waals surface area contributed by atoms with Crippen molar-refractivity contribution in [2.24, 2.45) is 0 Å². The second-order valence-electron chi connectivity index (χ2n) is 7.52. The first kappa shape index (κ1) is 21.8. The number of fused-ring (bicyclic) bond motifs is 1. The lowest BCUT2D eigenvalue weighted by molar-refractivity contribution is -0.115. The van der Waals surface area contributed by atoms with Gasteiger partial charge < -0.3 is 5.32 Å². The number of para-hydroxylation sites is 2. The summed E-state index contributed by atoms with van der Waals surface area (Å²) < 4.78 is 15.5. The molecule has 0 bridgehead atoms. The van der Waals surface area contributed by atoms with Crippen LogP contribution >= 0.6 is 11.8 Å². The Morgan fingerprint density at radius 3 is 2.50 bits per heavy atom. The quantitative estimate of drug-likeness (QED) is 0.333. The van der Waals surface area contributed by atoms with Gasteiger partial charge in [-0.1, -0.05) is 65.9 Å². The minimum atomic E-state index is -0.605. The van der Waals surface area contributed by atoms with E-state index < -0.39 is 11.1 Å². The van der Waals surface area contributed by atoms with Gasteiger partial charge in [0, 0.05) is 0 Å². The molecule has 1 unspecified atom stereocenters. The van der Waals surface area contributed by atoms with Gasteiger partial charge in [0.15, 0.2) is 5.16 Å². The number of hydrogen-bond donors (Lipinski definition) is 1. The number of carbonyl (C=O) groups excluding carboxylic acids is 1. The third kappa shape index (κ3) is 4.73. The van der Waals surface area contributed by atoms with Crippen molar-refractivity contribution >= 4 is 34.3 Å². The van der Waals surface area contributed by atoms with Crippen LogP contribution < -0.4 is 10.9 Å². The van der Waals surface area contributed by atoms with Crippen molar-refractivity contribution in [2.45, 2.75) is 30.8 Å². The Kier molecular flexibility index (Phi) is 6.37. The number of halogens is 1. The van der Waals surface area contributed by atoms with Crippen LogP contribution in [0.5, 0.6) is 0 Å². The van der Waals surface area contributed by atoms with Gasteiger partial charge in [-0.05, 0) is 43.7 Å². The third-order valence-corrected chi connectivity index (χ3v) is 6.16. The van der Waals surface area contributed by atoms with Gasteiger partial charge in [0.1, 0.15) is 5.82 Å². The normalized spacial score (nSPS) is 12.0. The van der Waals surface area contributed by atoms with Crippen LogP contribution in [0.15, 0.2) is 82.7 Å². The molecule has 4 aromatic rings. The SMILES string of the molecule is Cc1ccc(Cn2c(SC(C)C(=O)Nc3ccccc3F)nc3ccccc3c2=O)cc1. The van der Waals surface area contributed by atoms with Crippen LogP contribution in [-0.4, -0.2) is 20.7 Å². The second kappa shape index (κ2) is 9.36. The largest absolute Gasteiger partial charge is 0.323 e. The summed E-state index contributed by atoms with van der Waals surface area (Å²) in [5.74, 6) is -0.873. The van der Waals surface area contributed by atoms with Crippen LogP contribution in [0.1, 0.15) is 18.1 Å². The fraction of sp³-hybridized carbons (Fsp3) is 0.160. The molecule has 7 heteroatoms. The van der Waals surface area contributed by atoms with E-state index in [1.54, 1.807) is 41.8 Å². The van der Waals surface area contributed by atoms with Crippen molar-refractivity contribution in [3.8, 4) is 0 Å². The molecule has 1 heterocycles. The Morgan fingerprint density at radius 2 is 1.75 bits per heavy atom. The average Bonchev–Trinajstić information content (AvgIpc) is 2.79. The van der Waals surface area contributed by atoms with E-state index in [4.69, 9.17) is 0 Å². The molecule has 0 saturated heterocycles. The highest BCUT2D eigenvalue weighted by atomic mass is 32.2. The summed E-state index contributed by atoms with van der Waals surface area (Å²) in [7, 11) is 0. The molecule has 4 rings (SSSR count). The van der Waals surface area contributed by atoms with Gasteiger partial charge >= 0.3 is 0 Å². The van der Waals surface area contributed by atoms with Crippen LogP contribution in [-0.2, 0) is 11.3 Å². The van der Waals surface area contributed by atoms with E-state index in [0.29, 0.717) is 22.6 Å². The number of aromatic nitrogens is 2. The van der Waals surface area contributed by atoms with Crippen molar-refractivity contribution in [1.29, 1.82) is 0 Å². The molecule has 0 aliphatic carbocycles. The summed E-state index contributed by atoms with van der Waals surface area (Å²) in [6.07, 6.45) is 0. The zero-order valence-corrected chi connectivity index (χ0v) is 18.5. The Bertz CT molecular complexity index is 1340. The first-order chi connectivity index (χ1) is 15.4. The first-order valence-electron chi connectivity index (χ1n) is 10.2. The van der Waals surface area contributed by atoms with E-state index >= 15 is 0 Å². The topological polar surface area (TPSA) is 64.0 Å². The van der Waals surface area contributed by atoms with Crippen LogP contribution in [0.2, 0.25) is 0 Å². The molecule has 3 aromatic carbocycles. The van der Waals surface area contributed by atoms with Crippen LogP contribution in [0.3, 0.4) is 0 Å². The molecule has 1 atom stereocenters. The lowest BCUT2D eigenvalue weighted by Crippen LogP contribution is -2.27. The molecule has 1 aromatic heterocycles. The lowest BCUT2D eigenvalue weighted by Gasteiger charge is -2.17. The Morgan fingerprint density at radius 1 is 1.06 bits per heavy atom. The first-order valence-corrected chi connectivity index (χ1v) is 11.1. The lowest BCUT2D eigenvalue weighted by atomic mass is 10.1. The van der Waals surface area contributed by atoms with Gasteiger partial charge in [-0.25, -0.2) is 9.37 Å². The number of benzene rings is 3. The number of aryl methyl sites for hydroxylation is 1. The zero-order chi connectivity index (χ0) is 22.7. The molecule has 0 saturated carbocycles. The maximum atomic E-state index is 13.9. The smallest absolute Gasteiger partial charge is 0.262 e. The highest BCUT2D eigenvalue weighted by Crippen LogP contribution is 2.25. The molecular weight excluding hydrogens is 425 g/mol. The molecule has 162 valence electrons. The fourth-order valence-electron chi connectivity index (χ4n) is 3.26. The molecule has 0 spiro atoms. The molecule has 0 aliphatic rings. The van der Waals surface area contributed by atoms with Gasteiger partial charge in [-0.15, -0.1) is 0 Å². The van der Waals surface area contributed by atoms with Crippen molar-refractivity contribution in [3.63, 3.8) is 0 Å². The van der Waals surface area contributed by atoms with Gasteiger partial charge in [-0.2, -0.15) is 0 Å². The number of rotatable bonds is 6.